The van der Waals surface area contributed by atoms with Crippen molar-refractivity contribution in [3.05, 3.63) is 72.0 Å². The van der Waals surface area contributed by atoms with Gasteiger partial charge in [-0.05, 0) is 36.2 Å². The predicted octanol–water partition coefficient (Wildman–Crippen LogP) is 3.64. The summed E-state index contributed by atoms with van der Waals surface area (Å²) < 4.78 is 5.52. The number of hydrogen-bond acceptors (Lipinski definition) is 3. The van der Waals surface area contributed by atoms with Crippen molar-refractivity contribution >= 4 is 0 Å². The highest BCUT2D eigenvalue weighted by molar-refractivity contribution is 5.63. The van der Waals surface area contributed by atoms with E-state index >= 15 is 0 Å². The van der Waals surface area contributed by atoms with Gasteiger partial charge >= 0.3 is 0 Å². The van der Waals surface area contributed by atoms with E-state index in [0.717, 1.165) is 23.3 Å². The standard InChI is InChI=1S/C16H14N2O/c1-12-4-5-14(8-13-9-17-11-18-10-13)15(7-12)16-3-2-6-19-16/h2-7,9-11H,8H2,1H3. The van der Waals surface area contributed by atoms with E-state index in [0.29, 0.717) is 0 Å². The minimum absolute atomic E-state index is 0.803. The summed E-state index contributed by atoms with van der Waals surface area (Å²) in [4.78, 5) is 8.11. The zero-order valence-electron chi connectivity index (χ0n) is 10.7. The number of aryl methyl sites for hydroxylation is 1. The molecule has 0 saturated heterocycles. The monoisotopic (exact) mass is 250 g/mol. The van der Waals surface area contributed by atoms with Crippen LogP contribution in [-0.2, 0) is 6.42 Å². The van der Waals surface area contributed by atoms with Gasteiger partial charge in [-0.2, -0.15) is 0 Å². The molecule has 0 aliphatic rings. The molecule has 0 fully saturated rings. The fourth-order valence-electron chi connectivity index (χ4n) is 2.15. The van der Waals surface area contributed by atoms with Crippen LogP contribution in [0, 0.1) is 6.92 Å². The first-order chi connectivity index (χ1) is 9.33. The lowest BCUT2D eigenvalue weighted by Crippen LogP contribution is -1.94. The molecule has 2 aromatic heterocycles. The van der Waals surface area contributed by atoms with Gasteiger partial charge in [-0.25, -0.2) is 9.97 Å². The van der Waals surface area contributed by atoms with Gasteiger partial charge in [0.05, 0.1) is 6.26 Å². The van der Waals surface area contributed by atoms with Crippen molar-refractivity contribution in [2.45, 2.75) is 13.3 Å². The third-order valence-electron chi connectivity index (χ3n) is 3.06. The second-order valence-electron chi connectivity index (χ2n) is 4.56. The molecule has 0 radical (unpaired) electrons. The number of benzene rings is 1. The van der Waals surface area contributed by atoms with Gasteiger partial charge in [0.1, 0.15) is 12.1 Å². The molecule has 3 nitrogen and oxygen atoms in total. The number of hydrogen-bond donors (Lipinski definition) is 0. The van der Waals surface area contributed by atoms with Crippen molar-refractivity contribution in [1.82, 2.24) is 9.97 Å². The Kier molecular flexibility index (Phi) is 3.11. The molecule has 3 heteroatoms. The summed E-state index contributed by atoms with van der Waals surface area (Å²) in [5.74, 6) is 0.899. The maximum absolute atomic E-state index is 5.52. The predicted molar refractivity (Wildman–Crippen MR) is 73.7 cm³/mol. The molecule has 3 rings (SSSR count). The van der Waals surface area contributed by atoms with Crippen LogP contribution in [0.5, 0.6) is 0 Å². The van der Waals surface area contributed by atoms with Gasteiger partial charge in [0.2, 0.25) is 0 Å². The smallest absolute Gasteiger partial charge is 0.134 e. The third kappa shape index (κ3) is 2.55. The fraction of sp³-hybridized carbons (Fsp3) is 0.125. The average Bonchev–Trinajstić information content (AvgIpc) is 2.96. The van der Waals surface area contributed by atoms with Crippen molar-refractivity contribution < 1.29 is 4.42 Å². The zero-order valence-corrected chi connectivity index (χ0v) is 10.7. The number of aromatic nitrogens is 2. The van der Waals surface area contributed by atoms with Crippen LogP contribution in [0.25, 0.3) is 11.3 Å². The molecule has 0 bridgehead atoms. The fourth-order valence-corrected chi connectivity index (χ4v) is 2.15. The molecule has 0 amide bonds. The lowest BCUT2D eigenvalue weighted by Gasteiger charge is -2.08. The lowest BCUT2D eigenvalue weighted by atomic mass is 9.98. The Morgan fingerprint density at radius 2 is 1.95 bits per heavy atom. The number of rotatable bonds is 3. The normalized spacial score (nSPS) is 10.6. The van der Waals surface area contributed by atoms with Crippen LogP contribution in [0.3, 0.4) is 0 Å². The van der Waals surface area contributed by atoms with E-state index in [-0.39, 0.29) is 0 Å². The zero-order chi connectivity index (χ0) is 13.1. The number of furan rings is 1. The Morgan fingerprint density at radius 1 is 1.11 bits per heavy atom. The van der Waals surface area contributed by atoms with Gasteiger partial charge < -0.3 is 4.42 Å². The van der Waals surface area contributed by atoms with Gasteiger partial charge in [-0.1, -0.05) is 17.7 Å². The Hall–Kier alpha value is -2.42. The van der Waals surface area contributed by atoms with E-state index in [1.807, 2.05) is 24.5 Å². The first-order valence-electron chi connectivity index (χ1n) is 6.20. The summed E-state index contributed by atoms with van der Waals surface area (Å²) >= 11 is 0. The molecule has 0 aliphatic heterocycles. The van der Waals surface area contributed by atoms with E-state index in [2.05, 4.69) is 35.1 Å². The highest BCUT2D eigenvalue weighted by Gasteiger charge is 2.09. The molecule has 0 aliphatic carbocycles. The maximum Gasteiger partial charge on any atom is 0.134 e. The molecule has 1 aromatic carbocycles. The Balaban J connectivity index is 2.02. The Morgan fingerprint density at radius 3 is 2.68 bits per heavy atom. The summed E-state index contributed by atoms with van der Waals surface area (Å²) in [7, 11) is 0. The molecule has 0 atom stereocenters. The second kappa shape index (κ2) is 5.06. The largest absolute Gasteiger partial charge is 0.464 e. The van der Waals surface area contributed by atoms with Crippen LogP contribution in [0.15, 0.2) is 59.7 Å². The minimum Gasteiger partial charge on any atom is -0.464 e. The topological polar surface area (TPSA) is 38.9 Å². The number of nitrogens with zero attached hydrogens (tertiary/aromatic N) is 2. The van der Waals surface area contributed by atoms with Crippen LogP contribution < -0.4 is 0 Å². The van der Waals surface area contributed by atoms with Crippen molar-refractivity contribution in [1.29, 1.82) is 0 Å². The van der Waals surface area contributed by atoms with Gasteiger partial charge in [0, 0.05) is 24.4 Å². The van der Waals surface area contributed by atoms with E-state index < -0.39 is 0 Å². The highest BCUT2D eigenvalue weighted by atomic mass is 16.3. The lowest BCUT2D eigenvalue weighted by molar-refractivity contribution is 0.581. The molecule has 3 aromatic rings. The second-order valence-corrected chi connectivity index (χ2v) is 4.56. The first-order valence-corrected chi connectivity index (χ1v) is 6.20. The molecule has 0 spiro atoms. The van der Waals surface area contributed by atoms with Crippen LogP contribution in [0.2, 0.25) is 0 Å². The Labute approximate surface area is 112 Å². The van der Waals surface area contributed by atoms with Crippen molar-refractivity contribution in [2.75, 3.05) is 0 Å². The van der Waals surface area contributed by atoms with Crippen molar-refractivity contribution in [3.8, 4) is 11.3 Å². The molecule has 19 heavy (non-hydrogen) atoms. The maximum atomic E-state index is 5.52. The minimum atomic E-state index is 0.803. The summed E-state index contributed by atoms with van der Waals surface area (Å²) in [6.45, 7) is 2.09. The van der Waals surface area contributed by atoms with Gasteiger partial charge in [0.25, 0.3) is 0 Å². The van der Waals surface area contributed by atoms with Gasteiger partial charge in [-0.15, -0.1) is 0 Å². The first kappa shape index (κ1) is 11.7. The summed E-state index contributed by atoms with van der Waals surface area (Å²) in [5, 5.41) is 0. The van der Waals surface area contributed by atoms with E-state index in [4.69, 9.17) is 4.42 Å². The van der Waals surface area contributed by atoms with Gasteiger partial charge in [-0.3, -0.25) is 0 Å². The third-order valence-corrected chi connectivity index (χ3v) is 3.06. The SMILES string of the molecule is Cc1ccc(Cc2cncnc2)c(-c2ccco2)c1. The van der Waals surface area contributed by atoms with E-state index in [1.165, 1.54) is 11.1 Å². The molecular weight excluding hydrogens is 236 g/mol. The molecular formula is C16H14N2O. The Bertz CT molecular complexity index is 660. The average molecular weight is 250 g/mol. The van der Waals surface area contributed by atoms with Crippen molar-refractivity contribution in [3.63, 3.8) is 0 Å². The summed E-state index contributed by atoms with van der Waals surface area (Å²) in [5.41, 5.74) is 4.67. The highest BCUT2D eigenvalue weighted by Crippen LogP contribution is 2.27. The summed E-state index contributed by atoms with van der Waals surface area (Å²) in [6.07, 6.45) is 7.74. The van der Waals surface area contributed by atoms with Crippen LogP contribution in [0.1, 0.15) is 16.7 Å². The van der Waals surface area contributed by atoms with Crippen molar-refractivity contribution in [2.24, 2.45) is 0 Å². The molecule has 0 unspecified atom stereocenters. The van der Waals surface area contributed by atoms with Crippen LogP contribution in [0.4, 0.5) is 0 Å². The molecule has 0 N–H and O–H groups in total. The molecule has 2 heterocycles. The van der Waals surface area contributed by atoms with Gasteiger partial charge in [0.15, 0.2) is 0 Å². The quantitative estimate of drug-likeness (QED) is 0.712. The van der Waals surface area contributed by atoms with E-state index in [9.17, 15) is 0 Å². The van der Waals surface area contributed by atoms with Crippen LogP contribution in [-0.4, -0.2) is 9.97 Å². The molecule has 94 valence electrons. The molecule has 0 saturated carbocycles. The van der Waals surface area contributed by atoms with E-state index in [1.54, 1.807) is 12.6 Å². The van der Waals surface area contributed by atoms with Crippen LogP contribution >= 0.6 is 0 Å². The summed E-state index contributed by atoms with van der Waals surface area (Å²) in [6, 6.07) is 10.3.